The number of nitrogens with zero attached hydrogens (tertiary/aromatic N) is 2. The van der Waals surface area contributed by atoms with E-state index in [1.807, 2.05) is 11.8 Å². The number of hydrogen-bond donors (Lipinski definition) is 1. The maximum atomic E-state index is 13.0. The minimum absolute atomic E-state index is 0. The Bertz CT molecular complexity index is 379. The fraction of sp³-hybridized carbons (Fsp3) is 0.929. The predicted octanol–water partition coefficient (Wildman–Crippen LogP) is 3.01. The lowest BCUT2D eigenvalue weighted by atomic mass is 9.79. The highest BCUT2D eigenvalue weighted by molar-refractivity contribution is 14.0. The Morgan fingerprint density at radius 1 is 1.32 bits per heavy atom. The molecule has 1 saturated heterocycles. The Morgan fingerprint density at radius 3 is 2.64 bits per heavy atom. The molecule has 2 N–H and O–H groups in total. The quantitative estimate of drug-likeness (QED) is 0.412. The van der Waals surface area contributed by atoms with E-state index in [1.165, 1.54) is 0 Å². The Labute approximate surface area is 146 Å². The van der Waals surface area contributed by atoms with E-state index in [-0.39, 0.29) is 43.0 Å². The molecule has 0 aromatic heterocycles. The summed E-state index contributed by atoms with van der Waals surface area (Å²) in [6.07, 6.45) is -1.74. The van der Waals surface area contributed by atoms with Crippen molar-refractivity contribution < 1.29 is 17.9 Å². The average Bonchev–Trinajstić information content (AvgIpc) is 2.44. The fourth-order valence-corrected chi connectivity index (χ4v) is 3.19. The van der Waals surface area contributed by atoms with E-state index in [4.69, 9.17) is 10.5 Å². The lowest BCUT2D eigenvalue weighted by Gasteiger charge is -2.34. The molecule has 1 heterocycles. The smallest absolute Gasteiger partial charge is 0.375 e. The van der Waals surface area contributed by atoms with Crippen molar-refractivity contribution in [1.82, 2.24) is 4.90 Å². The highest BCUT2D eigenvalue weighted by Crippen LogP contribution is 2.41. The first kappa shape index (κ1) is 19.8. The summed E-state index contributed by atoms with van der Waals surface area (Å²) in [5.41, 5.74) is 5.92. The van der Waals surface area contributed by atoms with E-state index >= 15 is 0 Å². The van der Waals surface area contributed by atoms with Crippen LogP contribution < -0.4 is 5.73 Å². The number of hydrogen-bond acceptors (Lipinski definition) is 2. The van der Waals surface area contributed by atoms with Gasteiger partial charge in [-0.25, -0.2) is 0 Å². The summed E-state index contributed by atoms with van der Waals surface area (Å²) in [4.78, 5) is 6.12. The van der Waals surface area contributed by atoms with Crippen LogP contribution in [0.4, 0.5) is 13.2 Å². The Hall–Kier alpha value is -0.250. The number of alkyl halides is 3. The molecule has 22 heavy (non-hydrogen) atoms. The topological polar surface area (TPSA) is 50.8 Å². The van der Waals surface area contributed by atoms with Crippen LogP contribution >= 0.6 is 24.0 Å². The summed E-state index contributed by atoms with van der Waals surface area (Å²) in [7, 11) is 0. The van der Waals surface area contributed by atoms with Crippen LogP contribution in [0.1, 0.15) is 32.6 Å². The fourth-order valence-electron chi connectivity index (χ4n) is 3.19. The van der Waals surface area contributed by atoms with E-state index in [0.29, 0.717) is 38.5 Å². The maximum Gasteiger partial charge on any atom is 0.392 e. The Kier molecular flexibility index (Phi) is 7.70. The van der Waals surface area contributed by atoms with E-state index in [2.05, 4.69) is 4.99 Å². The number of ether oxygens (including phenoxy) is 1. The van der Waals surface area contributed by atoms with Crippen LogP contribution in [0.25, 0.3) is 0 Å². The van der Waals surface area contributed by atoms with E-state index in [0.717, 1.165) is 6.42 Å². The lowest BCUT2D eigenvalue weighted by molar-refractivity contribution is -0.195. The highest BCUT2D eigenvalue weighted by Gasteiger charge is 2.45. The van der Waals surface area contributed by atoms with Crippen molar-refractivity contribution in [3.05, 3.63) is 0 Å². The van der Waals surface area contributed by atoms with Crippen LogP contribution in [0.3, 0.4) is 0 Å². The first-order valence-electron chi connectivity index (χ1n) is 7.61. The first-order valence-corrected chi connectivity index (χ1v) is 7.61. The average molecular weight is 435 g/mol. The lowest BCUT2D eigenvalue weighted by Crippen LogP contribution is -2.48. The van der Waals surface area contributed by atoms with Gasteiger partial charge in [0.05, 0.1) is 18.6 Å². The molecule has 0 amide bonds. The molecule has 1 aliphatic carbocycles. The van der Waals surface area contributed by atoms with Gasteiger partial charge < -0.3 is 15.4 Å². The van der Waals surface area contributed by atoms with Gasteiger partial charge in [-0.05, 0) is 25.7 Å². The molecule has 1 saturated carbocycles. The molecule has 0 bridgehead atoms. The summed E-state index contributed by atoms with van der Waals surface area (Å²) in [6, 6.07) is 0. The van der Waals surface area contributed by atoms with Crippen molar-refractivity contribution in [3.63, 3.8) is 0 Å². The predicted molar refractivity (Wildman–Crippen MR) is 90.4 cm³/mol. The molecule has 2 fully saturated rings. The van der Waals surface area contributed by atoms with Crippen molar-refractivity contribution in [2.75, 3.05) is 26.2 Å². The summed E-state index contributed by atoms with van der Waals surface area (Å²) in [5.74, 6) is -1.32. The van der Waals surface area contributed by atoms with Crippen molar-refractivity contribution in [2.45, 2.75) is 44.9 Å². The summed E-state index contributed by atoms with van der Waals surface area (Å²) >= 11 is 0. The minimum atomic E-state index is -4.12. The molecular weight excluding hydrogens is 410 g/mol. The summed E-state index contributed by atoms with van der Waals surface area (Å²) in [6.45, 7) is 3.98. The van der Waals surface area contributed by atoms with E-state index < -0.39 is 18.0 Å². The van der Waals surface area contributed by atoms with Gasteiger partial charge in [-0.1, -0.05) is 12.8 Å². The molecule has 3 atom stereocenters. The molecule has 2 rings (SSSR count). The molecule has 0 radical (unpaired) electrons. The zero-order valence-corrected chi connectivity index (χ0v) is 15.1. The second-order valence-electron chi connectivity index (χ2n) is 6.02. The standard InChI is InChI=1S/C14H24F3N3O.HI/c1-10-9-20(6-7-21-10)13(18)19-8-11-4-2-3-5-12(11)14(15,16)17;/h10-12H,2-9H2,1H3,(H2,18,19);1H/t10?,11-,12-;/m1./s1. The number of morpholine rings is 1. The van der Waals surface area contributed by atoms with Crippen LogP contribution in [-0.4, -0.2) is 49.4 Å². The number of aliphatic imine (C=N–C) groups is 1. The monoisotopic (exact) mass is 435 g/mol. The number of nitrogens with two attached hydrogens (primary N) is 1. The second-order valence-corrected chi connectivity index (χ2v) is 6.02. The summed E-state index contributed by atoms with van der Waals surface area (Å²) < 4.78 is 44.5. The zero-order valence-electron chi connectivity index (χ0n) is 12.8. The van der Waals surface area contributed by atoms with Gasteiger partial charge in [0.2, 0.25) is 0 Å². The van der Waals surface area contributed by atoms with Gasteiger partial charge in [-0.3, -0.25) is 4.99 Å². The van der Waals surface area contributed by atoms with Crippen LogP contribution in [0.15, 0.2) is 4.99 Å². The van der Waals surface area contributed by atoms with Crippen LogP contribution in [0.5, 0.6) is 0 Å². The van der Waals surface area contributed by atoms with Gasteiger partial charge in [0.1, 0.15) is 0 Å². The zero-order chi connectivity index (χ0) is 15.5. The van der Waals surface area contributed by atoms with E-state index in [9.17, 15) is 13.2 Å². The van der Waals surface area contributed by atoms with Gasteiger partial charge in [0.25, 0.3) is 0 Å². The van der Waals surface area contributed by atoms with Crippen molar-refractivity contribution >= 4 is 29.9 Å². The number of guanidine groups is 1. The van der Waals surface area contributed by atoms with Gasteiger partial charge in [-0.2, -0.15) is 13.2 Å². The van der Waals surface area contributed by atoms with Crippen molar-refractivity contribution in [1.29, 1.82) is 0 Å². The SMILES string of the molecule is CC1CN(C(N)=NC[C@H]2CCCC[C@H]2C(F)(F)F)CCO1.I. The van der Waals surface area contributed by atoms with Crippen LogP contribution in [-0.2, 0) is 4.74 Å². The largest absolute Gasteiger partial charge is 0.392 e. The van der Waals surface area contributed by atoms with Gasteiger partial charge >= 0.3 is 6.18 Å². The third-order valence-electron chi connectivity index (χ3n) is 4.38. The molecule has 2 aliphatic rings. The van der Waals surface area contributed by atoms with Gasteiger partial charge in [0, 0.05) is 19.6 Å². The Morgan fingerprint density at radius 2 is 2.00 bits per heavy atom. The molecule has 0 aromatic carbocycles. The van der Waals surface area contributed by atoms with Gasteiger partial charge in [0.15, 0.2) is 5.96 Å². The van der Waals surface area contributed by atoms with Crippen LogP contribution in [0.2, 0.25) is 0 Å². The molecule has 1 unspecified atom stereocenters. The van der Waals surface area contributed by atoms with E-state index in [1.54, 1.807) is 0 Å². The van der Waals surface area contributed by atoms with Crippen molar-refractivity contribution in [3.8, 4) is 0 Å². The van der Waals surface area contributed by atoms with Gasteiger partial charge in [-0.15, -0.1) is 24.0 Å². The maximum absolute atomic E-state index is 13.0. The Balaban J connectivity index is 0.00000242. The van der Waals surface area contributed by atoms with Crippen LogP contribution in [0, 0.1) is 11.8 Å². The molecule has 130 valence electrons. The molecule has 0 spiro atoms. The molecule has 8 heteroatoms. The molecular formula is C14H25F3IN3O. The molecule has 0 aromatic rings. The third-order valence-corrected chi connectivity index (χ3v) is 4.38. The molecule has 1 aliphatic heterocycles. The normalized spacial score (nSPS) is 30.8. The summed E-state index contributed by atoms with van der Waals surface area (Å²) in [5, 5.41) is 0. The first-order chi connectivity index (χ1) is 9.88. The minimum Gasteiger partial charge on any atom is -0.375 e. The number of halogens is 4. The van der Waals surface area contributed by atoms with Crippen molar-refractivity contribution in [2.24, 2.45) is 22.6 Å². The third kappa shape index (κ3) is 5.43. The molecule has 4 nitrogen and oxygen atoms in total. The highest BCUT2D eigenvalue weighted by atomic mass is 127. The second kappa shape index (κ2) is 8.56. The number of rotatable bonds is 2.